The summed E-state index contributed by atoms with van der Waals surface area (Å²) in [6, 6.07) is 21.2. The molecule has 172 valence electrons. The summed E-state index contributed by atoms with van der Waals surface area (Å²) < 4.78 is 0. The van der Waals surface area contributed by atoms with Gasteiger partial charge in [-0.1, -0.05) is 89.4 Å². The minimum atomic E-state index is -0.755. The molecule has 33 heavy (non-hydrogen) atoms. The van der Waals surface area contributed by atoms with Crippen LogP contribution in [0.1, 0.15) is 23.6 Å². The van der Waals surface area contributed by atoms with E-state index in [1.807, 2.05) is 49.4 Å². The summed E-state index contributed by atoms with van der Waals surface area (Å²) in [4.78, 5) is 28.4. The molecule has 4 nitrogen and oxygen atoms in total. The van der Waals surface area contributed by atoms with Crippen molar-refractivity contribution in [3.8, 4) is 0 Å². The summed E-state index contributed by atoms with van der Waals surface area (Å²) in [5.41, 5.74) is 2.22. The second-order valence-electron chi connectivity index (χ2n) is 7.59. The predicted molar refractivity (Wildman–Crippen MR) is 135 cm³/mol. The zero-order valence-corrected chi connectivity index (χ0v) is 20.5. The minimum Gasteiger partial charge on any atom is -0.355 e. The Kier molecular flexibility index (Phi) is 9.19. The van der Waals surface area contributed by atoms with E-state index in [0.717, 1.165) is 5.56 Å². The van der Waals surface area contributed by atoms with E-state index in [-0.39, 0.29) is 24.8 Å². The van der Waals surface area contributed by atoms with Crippen LogP contribution in [-0.4, -0.2) is 29.3 Å². The Morgan fingerprint density at radius 2 is 1.45 bits per heavy atom. The molecule has 0 bridgehead atoms. The van der Waals surface area contributed by atoms with Gasteiger partial charge < -0.3 is 10.2 Å². The van der Waals surface area contributed by atoms with Gasteiger partial charge in [0.25, 0.3) is 0 Å². The number of benzene rings is 3. The molecule has 0 aliphatic heterocycles. The number of nitrogens with one attached hydrogen (secondary N) is 1. The van der Waals surface area contributed by atoms with E-state index in [1.54, 1.807) is 35.2 Å². The third kappa shape index (κ3) is 6.73. The second-order valence-corrected chi connectivity index (χ2v) is 8.81. The zero-order chi connectivity index (χ0) is 23.8. The summed E-state index contributed by atoms with van der Waals surface area (Å²) in [5.74, 6) is -0.483. The molecule has 0 aromatic heterocycles. The fourth-order valence-electron chi connectivity index (χ4n) is 3.61. The molecule has 0 saturated heterocycles. The van der Waals surface area contributed by atoms with Crippen molar-refractivity contribution in [2.24, 2.45) is 0 Å². The molecule has 0 fully saturated rings. The van der Waals surface area contributed by atoms with Crippen LogP contribution in [0.3, 0.4) is 0 Å². The van der Waals surface area contributed by atoms with Crippen molar-refractivity contribution >= 4 is 46.6 Å². The zero-order valence-electron chi connectivity index (χ0n) is 18.2. The number of likely N-dealkylation sites (N-methyl/N-ethyl adjacent to an activating group) is 1. The highest BCUT2D eigenvalue weighted by atomic mass is 35.5. The first kappa shape index (κ1) is 25.1. The second kappa shape index (κ2) is 12.1. The van der Waals surface area contributed by atoms with Gasteiger partial charge in [-0.25, -0.2) is 0 Å². The molecule has 0 unspecified atom stereocenters. The van der Waals surface area contributed by atoms with Crippen molar-refractivity contribution in [1.82, 2.24) is 10.2 Å². The van der Waals surface area contributed by atoms with Gasteiger partial charge in [0.15, 0.2) is 0 Å². The quantitative estimate of drug-likeness (QED) is 0.391. The first-order valence-electron chi connectivity index (χ1n) is 10.7. The molecule has 0 aliphatic carbocycles. The lowest BCUT2D eigenvalue weighted by Gasteiger charge is -2.32. The normalized spacial score (nSPS) is 11.6. The van der Waals surface area contributed by atoms with E-state index < -0.39 is 6.04 Å². The van der Waals surface area contributed by atoms with Crippen LogP contribution in [-0.2, 0) is 29.0 Å². The van der Waals surface area contributed by atoms with Crippen LogP contribution >= 0.6 is 34.8 Å². The summed E-state index contributed by atoms with van der Waals surface area (Å²) in [7, 11) is 0. The van der Waals surface area contributed by atoms with Gasteiger partial charge in [0.1, 0.15) is 6.04 Å². The van der Waals surface area contributed by atoms with Crippen LogP contribution in [0.15, 0.2) is 72.8 Å². The van der Waals surface area contributed by atoms with Gasteiger partial charge in [-0.05, 0) is 36.2 Å². The van der Waals surface area contributed by atoms with Crippen LogP contribution < -0.4 is 5.32 Å². The Bertz CT molecular complexity index is 1090. The fourth-order valence-corrected chi connectivity index (χ4v) is 4.33. The predicted octanol–water partition coefficient (Wildman–Crippen LogP) is 5.97. The Morgan fingerprint density at radius 3 is 2.09 bits per heavy atom. The van der Waals surface area contributed by atoms with Gasteiger partial charge in [0.2, 0.25) is 11.8 Å². The van der Waals surface area contributed by atoms with Gasteiger partial charge >= 0.3 is 0 Å². The standard InChI is InChI=1S/C26H25Cl3N2O2/c1-2-30-26(33)24(15-18-9-4-3-5-10-18)31(17-20-22(28)13-8-14-23(20)29)25(32)16-19-11-6-7-12-21(19)27/h3-14,24H,2,15-17H2,1H3,(H,30,33)/t24-/m1/s1. The van der Waals surface area contributed by atoms with Gasteiger partial charge in [-0.2, -0.15) is 0 Å². The van der Waals surface area contributed by atoms with Crippen LogP contribution in [0.25, 0.3) is 0 Å². The third-order valence-corrected chi connectivity index (χ3v) is 6.39. The summed E-state index contributed by atoms with van der Waals surface area (Å²) >= 11 is 19.2. The van der Waals surface area contributed by atoms with Gasteiger partial charge in [0, 0.05) is 40.1 Å². The first-order chi connectivity index (χ1) is 15.9. The lowest BCUT2D eigenvalue weighted by molar-refractivity contribution is -0.140. The molecule has 1 atom stereocenters. The molecule has 3 aromatic rings. The van der Waals surface area contributed by atoms with Gasteiger partial charge in [-0.15, -0.1) is 0 Å². The summed E-state index contributed by atoms with van der Waals surface area (Å²) in [6.07, 6.45) is 0.398. The minimum absolute atomic E-state index is 0.0481. The maximum atomic E-state index is 13.6. The number of carbonyl (C=O) groups excluding carboxylic acids is 2. The molecule has 3 rings (SSSR count). The van der Waals surface area contributed by atoms with E-state index in [0.29, 0.717) is 39.2 Å². The number of nitrogens with zero attached hydrogens (tertiary/aromatic N) is 1. The molecule has 0 radical (unpaired) electrons. The monoisotopic (exact) mass is 502 g/mol. The Balaban J connectivity index is 2.02. The average Bonchev–Trinajstić information content (AvgIpc) is 2.80. The molecule has 0 aliphatic rings. The largest absolute Gasteiger partial charge is 0.355 e. The molecule has 7 heteroatoms. The smallest absolute Gasteiger partial charge is 0.243 e. The highest BCUT2D eigenvalue weighted by Gasteiger charge is 2.31. The maximum Gasteiger partial charge on any atom is 0.243 e. The van der Waals surface area contributed by atoms with Crippen LogP contribution in [0.2, 0.25) is 15.1 Å². The summed E-state index contributed by atoms with van der Waals surface area (Å²) in [5, 5.41) is 4.24. The fraction of sp³-hybridized carbons (Fsp3) is 0.231. The van der Waals surface area contributed by atoms with Crippen molar-refractivity contribution in [1.29, 1.82) is 0 Å². The number of rotatable bonds is 9. The van der Waals surface area contributed by atoms with E-state index in [9.17, 15) is 9.59 Å². The van der Waals surface area contributed by atoms with Crippen LogP contribution in [0.5, 0.6) is 0 Å². The van der Waals surface area contributed by atoms with E-state index >= 15 is 0 Å². The van der Waals surface area contributed by atoms with E-state index in [4.69, 9.17) is 34.8 Å². The Hall–Kier alpha value is -2.53. The Morgan fingerprint density at radius 1 is 0.848 bits per heavy atom. The summed E-state index contributed by atoms with van der Waals surface area (Å²) in [6.45, 7) is 2.39. The lowest BCUT2D eigenvalue weighted by Crippen LogP contribution is -2.51. The van der Waals surface area contributed by atoms with Crippen molar-refractivity contribution < 1.29 is 9.59 Å². The maximum absolute atomic E-state index is 13.6. The number of halogens is 3. The third-order valence-electron chi connectivity index (χ3n) is 5.31. The number of carbonyl (C=O) groups is 2. The molecule has 3 aromatic carbocycles. The van der Waals surface area contributed by atoms with Gasteiger partial charge in [0.05, 0.1) is 6.42 Å². The lowest BCUT2D eigenvalue weighted by atomic mass is 10.0. The van der Waals surface area contributed by atoms with E-state index in [2.05, 4.69) is 5.32 Å². The number of amides is 2. The topological polar surface area (TPSA) is 49.4 Å². The van der Waals surface area contributed by atoms with E-state index in [1.165, 1.54) is 0 Å². The number of hydrogen-bond acceptors (Lipinski definition) is 2. The molecule has 2 amide bonds. The van der Waals surface area contributed by atoms with Gasteiger partial charge in [-0.3, -0.25) is 9.59 Å². The van der Waals surface area contributed by atoms with Crippen LogP contribution in [0.4, 0.5) is 0 Å². The molecular weight excluding hydrogens is 479 g/mol. The SMILES string of the molecule is CCNC(=O)[C@@H](Cc1ccccc1)N(Cc1c(Cl)cccc1Cl)C(=O)Cc1ccccc1Cl. The molecule has 1 N–H and O–H groups in total. The van der Waals surface area contributed by atoms with Crippen molar-refractivity contribution in [2.75, 3.05) is 6.54 Å². The first-order valence-corrected chi connectivity index (χ1v) is 11.8. The van der Waals surface area contributed by atoms with Crippen molar-refractivity contribution in [3.63, 3.8) is 0 Å². The molecule has 0 heterocycles. The average molecular weight is 504 g/mol. The molecule has 0 spiro atoms. The van der Waals surface area contributed by atoms with Crippen LogP contribution in [0, 0.1) is 0 Å². The number of hydrogen-bond donors (Lipinski definition) is 1. The molecule has 0 saturated carbocycles. The highest BCUT2D eigenvalue weighted by Crippen LogP contribution is 2.28. The van der Waals surface area contributed by atoms with Crippen molar-refractivity contribution in [3.05, 3.63) is 105 Å². The molecular formula is C26H25Cl3N2O2. The van der Waals surface area contributed by atoms with Crippen molar-refractivity contribution in [2.45, 2.75) is 32.4 Å². The highest BCUT2D eigenvalue weighted by molar-refractivity contribution is 6.36. The Labute approximate surface area is 209 Å².